The third kappa shape index (κ3) is 14.0. The largest absolute Gasteiger partial charge is 0.264 e. The summed E-state index contributed by atoms with van der Waals surface area (Å²) in [5, 5.41) is 0.312. The fourth-order valence-corrected chi connectivity index (χ4v) is 10.9. The summed E-state index contributed by atoms with van der Waals surface area (Å²) in [6, 6.07) is 15.1. The number of rotatable bonds is 18. The van der Waals surface area contributed by atoms with Crippen LogP contribution in [0.4, 0.5) is 14.5 Å². The van der Waals surface area contributed by atoms with Gasteiger partial charge in [-0.2, -0.15) is 0 Å². The molecule has 252 valence electrons. The van der Waals surface area contributed by atoms with Crippen molar-refractivity contribution < 1.29 is 17.2 Å². The molecule has 3 nitrogen and oxygen atoms in total. The van der Waals surface area contributed by atoms with Crippen LogP contribution in [0.5, 0.6) is 0 Å². The smallest absolute Gasteiger partial charge is 0.263 e. The van der Waals surface area contributed by atoms with Crippen LogP contribution < -0.4 is 4.31 Å². The first-order chi connectivity index (χ1) is 28.3. The SMILES string of the molecule is Cc1ccccc1S(=O)(=O)N1c2cc(F)ccc2CCC1CCc1ccc(Cl)cc1F.[B]B([B])B(B([B])[B])B(B(B([B])[B])B([B])[B])B(B(B([B])[B])B([B])[B])B(B([B])[B])B([B])[B]. The Bertz CT molecular complexity index is 1860. The van der Waals surface area contributed by atoms with Crippen molar-refractivity contribution in [3.8, 4) is 0 Å². The van der Waals surface area contributed by atoms with Gasteiger partial charge in [-0.1, -0.05) is 41.9 Å². The monoisotopic (exact) mass is 791 g/mol. The van der Waals surface area contributed by atoms with Gasteiger partial charge in [-0.3, -0.25) is 4.31 Å². The molecule has 0 aliphatic carbocycles. The Hall–Kier alpha value is -0.492. The summed E-state index contributed by atoms with van der Waals surface area (Å²) in [5.74, 6) is -0.906. The Balaban J connectivity index is 0.000000326. The Kier molecular flexibility index (Phi) is 21.9. The Morgan fingerprint density at radius 3 is 1.48 bits per heavy atom. The predicted molar refractivity (Wildman–Crippen MR) is 292 cm³/mol. The van der Waals surface area contributed by atoms with Gasteiger partial charge in [-0.05, 0) is 79.6 Å². The molecular formula is C24H22B30ClF2NO2S. The van der Waals surface area contributed by atoms with E-state index < -0.39 is 117 Å². The second-order valence-electron chi connectivity index (χ2n) is 15.9. The topological polar surface area (TPSA) is 37.4 Å². The molecule has 37 heteroatoms. The molecule has 0 N–H and O–H groups in total. The number of fused-ring (bicyclic) bond motifs is 1. The normalized spacial score (nSPS) is 12.9. The van der Waals surface area contributed by atoms with E-state index in [1.54, 1.807) is 49.4 Å². The zero-order chi connectivity index (χ0) is 46.3. The van der Waals surface area contributed by atoms with Gasteiger partial charge in [0, 0.05) is 224 Å². The van der Waals surface area contributed by atoms with Gasteiger partial charge in [0.05, 0.1) is 10.6 Å². The summed E-state index contributed by atoms with van der Waals surface area (Å²) in [6.45, 7) is 1.74. The van der Waals surface area contributed by atoms with Crippen LogP contribution in [0.3, 0.4) is 0 Å². The first-order valence-corrected chi connectivity index (χ1v) is 21.6. The lowest BCUT2D eigenvalue weighted by molar-refractivity contribution is 0.515. The maximum absolute atomic E-state index is 14.3. The zero-order valence-electron chi connectivity index (χ0n) is 34.3. The highest BCUT2D eigenvalue weighted by atomic mass is 35.5. The molecule has 0 aromatic heterocycles. The molecule has 32 radical (unpaired) electrons. The highest BCUT2D eigenvalue weighted by Crippen LogP contribution is 2.38. The van der Waals surface area contributed by atoms with Gasteiger partial charge in [0.25, 0.3) is 10.0 Å². The molecule has 0 amide bonds. The highest BCUT2D eigenvalue weighted by Gasteiger charge is 2.52. The van der Waals surface area contributed by atoms with E-state index in [9.17, 15) is 17.2 Å². The molecule has 61 heavy (non-hydrogen) atoms. The van der Waals surface area contributed by atoms with Gasteiger partial charge in [0.15, 0.2) is 0 Å². The van der Waals surface area contributed by atoms with Crippen molar-refractivity contribution in [3.05, 3.63) is 94.0 Å². The summed E-state index contributed by atoms with van der Waals surface area (Å²) >= 11 is 5.84. The van der Waals surface area contributed by atoms with Crippen LogP contribution in [0.25, 0.3) is 0 Å². The van der Waals surface area contributed by atoms with E-state index in [0.717, 1.165) is 5.56 Å². The zero-order valence-corrected chi connectivity index (χ0v) is 35.9. The van der Waals surface area contributed by atoms with Gasteiger partial charge < -0.3 is 0 Å². The first-order valence-electron chi connectivity index (χ1n) is 19.8. The number of halogens is 3. The number of aryl methyl sites for hydroxylation is 3. The molecule has 3 aromatic rings. The molecule has 1 heterocycles. The van der Waals surface area contributed by atoms with E-state index in [2.05, 4.69) is 0 Å². The third-order valence-electron chi connectivity index (χ3n) is 11.5. The summed E-state index contributed by atoms with van der Waals surface area (Å²) < 4.78 is 57.2. The van der Waals surface area contributed by atoms with Crippen molar-refractivity contribution in [2.45, 2.75) is 43.5 Å². The average Bonchev–Trinajstić information content (AvgIpc) is 3.12. The standard InChI is InChI=1S/C24H22ClF2NO2S.B30/c1-16-4-2-3-5-24(16)31(29,30)28-21(12-8-17-6-10-19(25)14-22(17)27)13-9-18-7-11-20(26)15-23(18)28;1-17(2)25(18(3)4)29(26(19(5)6)20(7)8)30(27(21(9)10)22(11)12)28(23(13)14)24(15)16/h2-7,10-11,14-15,21H,8-9,12-13H2,1H3;. The average molecular weight is 786 g/mol. The maximum Gasteiger partial charge on any atom is 0.264 e. The van der Waals surface area contributed by atoms with Gasteiger partial charge in [0.2, 0.25) is 0 Å². The van der Waals surface area contributed by atoms with Crippen LogP contribution in [-0.4, -0.2) is 228 Å². The molecule has 1 unspecified atom stereocenters. The van der Waals surface area contributed by atoms with E-state index in [1.165, 1.54) is 22.5 Å². The Morgan fingerprint density at radius 2 is 1.07 bits per heavy atom. The molecule has 1 aliphatic heterocycles. The molecule has 1 aliphatic rings. The second-order valence-corrected chi connectivity index (χ2v) is 18.1. The fourth-order valence-electron chi connectivity index (χ4n) is 8.79. The molecule has 1 atom stereocenters. The van der Waals surface area contributed by atoms with Crippen LogP contribution in [-0.2, 0) is 22.9 Å². The van der Waals surface area contributed by atoms with Crippen LogP contribution in [0, 0.1) is 18.6 Å². The fraction of sp³-hybridized carbons (Fsp3) is 0.250. The lowest BCUT2D eigenvalue weighted by atomic mass is 8.31. The van der Waals surface area contributed by atoms with Crippen LogP contribution in [0.1, 0.15) is 29.5 Å². The quantitative estimate of drug-likeness (QED) is 0.121. The maximum atomic E-state index is 14.3. The summed E-state index contributed by atoms with van der Waals surface area (Å²) in [5.41, 5.74) is 2.24. The number of sulfonamides is 1. The third-order valence-corrected chi connectivity index (χ3v) is 13.8. The minimum Gasteiger partial charge on any atom is -0.263 e. The van der Waals surface area contributed by atoms with Crippen LogP contribution in [0.2, 0.25) is 5.02 Å². The number of nitrogens with zero attached hydrogens (tertiary/aromatic N) is 1. The van der Waals surface area contributed by atoms with Crippen molar-refractivity contribution in [1.29, 1.82) is 0 Å². The van der Waals surface area contributed by atoms with Gasteiger partial charge in [0.1, 0.15) is 11.6 Å². The van der Waals surface area contributed by atoms with Crippen molar-refractivity contribution in [2.75, 3.05) is 4.31 Å². The molecule has 0 spiro atoms. The summed E-state index contributed by atoms with van der Waals surface area (Å²) in [7, 11) is 92.4. The van der Waals surface area contributed by atoms with Gasteiger partial charge in [-0.25, -0.2) is 17.2 Å². The van der Waals surface area contributed by atoms with Gasteiger partial charge >= 0.3 is 0 Å². The first kappa shape index (κ1) is 54.8. The molecule has 0 bridgehead atoms. The van der Waals surface area contributed by atoms with Crippen molar-refractivity contribution >= 4 is 240 Å². The van der Waals surface area contributed by atoms with Crippen molar-refractivity contribution in [3.63, 3.8) is 0 Å². The lowest BCUT2D eigenvalue weighted by Gasteiger charge is -2.50. The molecule has 0 saturated carbocycles. The molecular weight excluding hydrogens is 764 g/mol. The van der Waals surface area contributed by atoms with E-state index in [-0.39, 0.29) is 4.90 Å². The summed E-state index contributed by atoms with van der Waals surface area (Å²) in [4.78, 5) is 0.190. The minimum atomic E-state index is -3.94. The Labute approximate surface area is 396 Å². The van der Waals surface area contributed by atoms with E-state index in [0.29, 0.717) is 47.5 Å². The Morgan fingerprint density at radius 1 is 0.623 bits per heavy atom. The highest BCUT2D eigenvalue weighted by molar-refractivity contribution is 8.27. The number of benzene rings is 3. The van der Waals surface area contributed by atoms with Crippen molar-refractivity contribution in [1.82, 2.24) is 0 Å². The van der Waals surface area contributed by atoms with Crippen LogP contribution in [0.15, 0.2) is 65.6 Å². The minimum absolute atomic E-state index is 0.190. The number of hydrogen-bond acceptors (Lipinski definition) is 2. The number of anilines is 1. The van der Waals surface area contributed by atoms with E-state index >= 15 is 0 Å². The predicted octanol–water partition coefficient (Wildman–Crippen LogP) is -5.35. The number of hydrogen-bond donors (Lipinski definition) is 0. The molecule has 0 fully saturated rings. The van der Waals surface area contributed by atoms with Gasteiger partial charge in [-0.15, -0.1) is 0 Å². The molecule has 4 rings (SSSR count). The lowest BCUT2D eigenvalue weighted by Crippen LogP contribution is -2.88. The molecule has 3 aromatic carbocycles. The second kappa shape index (κ2) is 24.3. The summed E-state index contributed by atoms with van der Waals surface area (Å²) in [6.07, 6.45) is -11.8. The van der Waals surface area contributed by atoms with Crippen LogP contribution >= 0.6 is 11.6 Å². The van der Waals surface area contributed by atoms with E-state index in [1.807, 2.05) is 0 Å². The molecule has 0 saturated heterocycles. The van der Waals surface area contributed by atoms with E-state index in [4.69, 9.17) is 135 Å². The van der Waals surface area contributed by atoms with Crippen molar-refractivity contribution in [2.24, 2.45) is 0 Å².